The van der Waals surface area contributed by atoms with Gasteiger partial charge in [-0.3, -0.25) is 0 Å². The maximum Gasteiger partial charge on any atom is 0.135 e. The Morgan fingerprint density at radius 2 is 2.07 bits per heavy atom. The van der Waals surface area contributed by atoms with Crippen molar-refractivity contribution in [3.8, 4) is 0 Å². The Morgan fingerprint density at radius 3 is 2.80 bits per heavy atom. The molecule has 0 aliphatic rings. The molecule has 0 amide bonds. The highest BCUT2D eigenvalue weighted by atomic mass is 14.9. The van der Waals surface area contributed by atoms with Crippen molar-refractivity contribution in [3.05, 3.63) is 29.6 Å². The minimum absolute atomic E-state index is 0.599. The van der Waals surface area contributed by atoms with E-state index in [1.54, 1.807) is 0 Å². The lowest BCUT2D eigenvalue weighted by Gasteiger charge is -2.06. The van der Waals surface area contributed by atoms with Gasteiger partial charge in [0.15, 0.2) is 0 Å². The highest BCUT2D eigenvalue weighted by molar-refractivity contribution is 5.90. The molecule has 1 heterocycles. The van der Waals surface area contributed by atoms with E-state index in [9.17, 15) is 0 Å². The number of hydrogen-bond acceptors (Lipinski definition) is 3. The summed E-state index contributed by atoms with van der Waals surface area (Å²) in [4.78, 5) is 8.81. The molecule has 2 rings (SSSR count). The molecule has 1 aromatic carbocycles. The smallest absolute Gasteiger partial charge is 0.135 e. The van der Waals surface area contributed by atoms with Crippen molar-refractivity contribution in [1.82, 2.24) is 9.97 Å². The molecule has 1 aromatic heterocycles. The van der Waals surface area contributed by atoms with Crippen LogP contribution in [0.5, 0.6) is 0 Å². The third-order valence-corrected chi connectivity index (χ3v) is 2.48. The highest BCUT2D eigenvalue weighted by Gasteiger charge is 2.06. The first-order chi connectivity index (χ1) is 7.22. The second-order valence-corrected chi connectivity index (χ2v) is 3.74. The first-order valence-electron chi connectivity index (χ1n) is 5.24. The molecular formula is C12H15N3. The van der Waals surface area contributed by atoms with Gasteiger partial charge >= 0.3 is 0 Å². The topological polar surface area (TPSA) is 51.8 Å². The summed E-state index contributed by atoms with van der Waals surface area (Å²) in [6, 6.07) is 6.01. The standard InChI is InChI=1S/C12H15N3/c1-3-5-10-14-9-7-4-6-8(2)11(9)12(13)15-10/h4,6-7H,3,5H2,1-2H3,(H2,13,14,15). The van der Waals surface area contributed by atoms with Crippen LogP contribution in [0.15, 0.2) is 18.2 Å². The van der Waals surface area contributed by atoms with E-state index in [4.69, 9.17) is 5.73 Å². The SMILES string of the molecule is CCCc1nc(N)c2c(C)cccc2n1. The summed E-state index contributed by atoms with van der Waals surface area (Å²) in [5.74, 6) is 1.44. The van der Waals surface area contributed by atoms with Crippen molar-refractivity contribution < 1.29 is 0 Å². The van der Waals surface area contributed by atoms with E-state index < -0.39 is 0 Å². The fraction of sp³-hybridized carbons (Fsp3) is 0.333. The van der Waals surface area contributed by atoms with Gasteiger partial charge in [0.2, 0.25) is 0 Å². The van der Waals surface area contributed by atoms with Gasteiger partial charge in [0.1, 0.15) is 11.6 Å². The summed E-state index contributed by atoms with van der Waals surface area (Å²) in [5, 5.41) is 0.984. The third-order valence-electron chi connectivity index (χ3n) is 2.48. The summed E-state index contributed by atoms with van der Waals surface area (Å²) in [6.45, 7) is 4.14. The number of hydrogen-bond donors (Lipinski definition) is 1. The lowest BCUT2D eigenvalue weighted by atomic mass is 10.1. The summed E-state index contributed by atoms with van der Waals surface area (Å²) in [5.41, 5.74) is 8.02. The molecule has 0 unspecified atom stereocenters. The van der Waals surface area contributed by atoms with Crippen LogP contribution in [-0.2, 0) is 6.42 Å². The van der Waals surface area contributed by atoms with Crippen molar-refractivity contribution in [2.24, 2.45) is 0 Å². The molecule has 0 aliphatic heterocycles. The largest absolute Gasteiger partial charge is 0.383 e. The molecule has 2 N–H and O–H groups in total. The average molecular weight is 201 g/mol. The monoisotopic (exact) mass is 201 g/mol. The predicted molar refractivity (Wildman–Crippen MR) is 62.7 cm³/mol. The second kappa shape index (κ2) is 3.85. The molecule has 0 saturated heterocycles. The number of nitrogens with zero attached hydrogens (tertiary/aromatic N) is 2. The van der Waals surface area contributed by atoms with Crippen LogP contribution in [0.2, 0.25) is 0 Å². The number of rotatable bonds is 2. The zero-order valence-corrected chi connectivity index (χ0v) is 9.12. The van der Waals surface area contributed by atoms with Crippen molar-refractivity contribution in [2.75, 3.05) is 5.73 Å². The maximum atomic E-state index is 5.94. The van der Waals surface area contributed by atoms with Gasteiger partial charge in [0.05, 0.1) is 5.52 Å². The second-order valence-electron chi connectivity index (χ2n) is 3.74. The summed E-state index contributed by atoms with van der Waals surface area (Å²) >= 11 is 0. The Morgan fingerprint density at radius 1 is 1.27 bits per heavy atom. The van der Waals surface area contributed by atoms with Crippen LogP contribution in [0.4, 0.5) is 5.82 Å². The molecule has 15 heavy (non-hydrogen) atoms. The van der Waals surface area contributed by atoms with Crippen LogP contribution in [0.25, 0.3) is 10.9 Å². The molecule has 0 atom stereocenters. The molecule has 0 bridgehead atoms. The number of aromatic nitrogens is 2. The van der Waals surface area contributed by atoms with Crippen LogP contribution in [0.3, 0.4) is 0 Å². The van der Waals surface area contributed by atoms with E-state index in [-0.39, 0.29) is 0 Å². The molecule has 3 heteroatoms. The van der Waals surface area contributed by atoms with Crippen LogP contribution >= 0.6 is 0 Å². The normalized spacial score (nSPS) is 10.8. The number of nitrogen functional groups attached to an aromatic ring is 1. The van der Waals surface area contributed by atoms with E-state index in [1.807, 2.05) is 25.1 Å². The van der Waals surface area contributed by atoms with Crippen molar-refractivity contribution in [2.45, 2.75) is 26.7 Å². The molecule has 3 nitrogen and oxygen atoms in total. The lowest BCUT2D eigenvalue weighted by molar-refractivity contribution is 0.846. The minimum Gasteiger partial charge on any atom is -0.383 e. The van der Waals surface area contributed by atoms with Gasteiger partial charge in [0.25, 0.3) is 0 Å². The maximum absolute atomic E-state index is 5.94. The van der Waals surface area contributed by atoms with Gasteiger partial charge in [-0.05, 0) is 25.0 Å². The summed E-state index contributed by atoms with van der Waals surface area (Å²) in [6.07, 6.45) is 1.92. The number of fused-ring (bicyclic) bond motifs is 1. The third kappa shape index (κ3) is 1.77. The van der Waals surface area contributed by atoms with E-state index in [2.05, 4.69) is 16.9 Å². The number of nitrogens with two attached hydrogens (primary N) is 1. The zero-order chi connectivity index (χ0) is 10.8. The molecule has 0 saturated carbocycles. The molecule has 2 aromatic rings. The van der Waals surface area contributed by atoms with E-state index in [0.717, 1.165) is 35.1 Å². The van der Waals surface area contributed by atoms with Gasteiger partial charge in [-0.15, -0.1) is 0 Å². The van der Waals surface area contributed by atoms with Crippen molar-refractivity contribution >= 4 is 16.7 Å². The lowest BCUT2D eigenvalue weighted by Crippen LogP contribution is -2.01. The van der Waals surface area contributed by atoms with E-state index in [0.29, 0.717) is 5.82 Å². The van der Waals surface area contributed by atoms with Crippen LogP contribution in [-0.4, -0.2) is 9.97 Å². The fourth-order valence-corrected chi connectivity index (χ4v) is 1.77. The molecule has 0 spiro atoms. The Balaban J connectivity index is 2.67. The molecule has 0 radical (unpaired) electrons. The Bertz CT molecular complexity index is 491. The minimum atomic E-state index is 0.599. The Labute approximate surface area is 89.4 Å². The zero-order valence-electron chi connectivity index (χ0n) is 9.12. The number of aryl methyl sites for hydroxylation is 2. The van der Waals surface area contributed by atoms with Crippen molar-refractivity contribution in [3.63, 3.8) is 0 Å². The van der Waals surface area contributed by atoms with Gasteiger partial charge < -0.3 is 5.73 Å². The Hall–Kier alpha value is -1.64. The highest BCUT2D eigenvalue weighted by Crippen LogP contribution is 2.21. The van der Waals surface area contributed by atoms with E-state index >= 15 is 0 Å². The molecule has 78 valence electrons. The fourth-order valence-electron chi connectivity index (χ4n) is 1.77. The van der Waals surface area contributed by atoms with Gasteiger partial charge in [-0.25, -0.2) is 9.97 Å². The van der Waals surface area contributed by atoms with Gasteiger partial charge in [0, 0.05) is 11.8 Å². The van der Waals surface area contributed by atoms with Crippen LogP contribution < -0.4 is 5.73 Å². The first-order valence-corrected chi connectivity index (χ1v) is 5.24. The quantitative estimate of drug-likeness (QED) is 0.812. The van der Waals surface area contributed by atoms with Crippen LogP contribution in [0, 0.1) is 6.92 Å². The van der Waals surface area contributed by atoms with Crippen molar-refractivity contribution in [1.29, 1.82) is 0 Å². The first kappa shape index (κ1) is 9.90. The van der Waals surface area contributed by atoms with Gasteiger partial charge in [-0.1, -0.05) is 19.1 Å². The number of benzene rings is 1. The number of anilines is 1. The van der Waals surface area contributed by atoms with Crippen LogP contribution in [0.1, 0.15) is 24.7 Å². The predicted octanol–water partition coefficient (Wildman–Crippen LogP) is 2.47. The molecule has 0 aliphatic carbocycles. The summed E-state index contributed by atoms with van der Waals surface area (Å²) in [7, 11) is 0. The molecular weight excluding hydrogens is 186 g/mol. The average Bonchev–Trinajstić information content (AvgIpc) is 2.17. The Kier molecular flexibility index (Phi) is 2.54. The molecule has 0 fully saturated rings. The van der Waals surface area contributed by atoms with Gasteiger partial charge in [-0.2, -0.15) is 0 Å². The summed E-state index contributed by atoms with van der Waals surface area (Å²) < 4.78 is 0. The van der Waals surface area contributed by atoms with E-state index in [1.165, 1.54) is 0 Å².